The first-order valence-corrected chi connectivity index (χ1v) is 7.00. The molecule has 21 heavy (non-hydrogen) atoms. The van der Waals surface area contributed by atoms with Crippen LogP contribution in [-0.2, 0) is 0 Å². The molecule has 2 aromatic carbocycles. The Bertz CT molecular complexity index is 699. The molecule has 106 valence electrons. The number of fused-ring (bicyclic) bond motifs is 1. The summed E-state index contributed by atoms with van der Waals surface area (Å²) < 4.78 is 11.4. The molecule has 1 aliphatic rings. The molecule has 3 rings (SSSR count). The van der Waals surface area contributed by atoms with Crippen LogP contribution >= 0.6 is 15.9 Å². The summed E-state index contributed by atoms with van der Waals surface area (Å²) in [5, 5.41) is 3.93. The van der Waals surface area contributed by atoms with Gasteiger partial charge in [-0.25, -0.2) is 5.43 Å². The third-order valence-corrected chi connectivity index (χ3v) is 3.41. The van der Waals surface area contributed by atoms with Gasteiger partial charge in [-0.05, 0) is 48.0 Å². The molecule has 5 nitrogen and oxygen atoms in total. The maximum absolute atomic E-state index is 11.8. The molecule has 0 fully saturated rings. The molecular formula is C15H11BrN2O3. The SMILES string of the molecule is O=C(N/N=C\c1ccc2c(c1)OCO2)c1ccc(Br)cc1. The summed E-state index contributed by atoms with van der Waals surface area (Å²) in [5.41, 5.74) is 3.84. The average molecular weight is 347 g/mol. The number of ether oxygens (including phenoxy) is 2. The Hall–Kier alpha value is -2.34. The Balaban J connectivity index is 1.64. The molecule has 0 aliphatic carbocycles. The van der Waals surface area contributed by atoms with Crippen LogP contribution in [0.5, 0.6) is 11.5 Å². The monoisotopic (exact) mass is 346 g/mol. The van der Waals surface area contributed by atoms with Gasteiger partial charge in [0.05, 0.1) is 6.21 Å². The topological polar surface area (TPSA) is 59.9 Å². The van der Waals surface area contributed by atoms with E-state index in [-0.39, 0.29) is 12.7 Å². The molecule has 0 spiro atoms. The van der Waals surface area contributed by atoms with Crippen LogP contribution in [0, 0.1) is 0 Å². The van der Waals surface area contributed by atoms with E-state index in [0.29, 0.717) is 17.1 Å². The Kier molecular flexibility index (Phi) is 3.87. The first-order valence-electron chi connectivity index (χ1n) is 6.21. The van der Waals surface area contributed by atoms with E-state index in [1.54, 1.807) is 42.6 Å². The van der Waals surface area contributed by atoms with Crippen molar-refractivity contribution in [2.45, 2.75) is 0 Å². The van der Waals surface area contributed by atoms with E-state index < -0.39 is 0 Å². The van der Waals surface area contributed by atoms with Gasteiger partial charge in [0.15, 0.2) is 11.5 Å². The third kappa shape index (κ3) is 3.22. The maximum atomic E-state index is 11.8. The van der Waals surface area contributed by atoms with Crippen LogP contribution in [0.25, 0.3) is 0 Å². The standard InChI is InChI=1S/C15H11BrN2O3/c16-12-4-2-11(3-5-12)15(19)18-17-8-10-1-6-13-14(7-10)21-9-20-13/h1-8H,9H2,(H,18,19)/b17-8-. The third-order valence-electron chi connectivity index (χ3n) is 2.88. The number of hydrogen-bond acceptors (Lipinski definition) is 4. The van der Waals surface area contributed by atoms with E-state index in [1.807, 2.05) is 6.07 Å². The number of nitrogens with zero attached hydrogens (tertiary/aromatic N) is 1. The van der Waals surface area contributed by atoms with E-state index in [0.717, 1.165) is 10.0 Å². The number of amides is 1. The summed E-state index contributed by atoms with van der Waals surface area (Å²) in [4.78, 5) is 11.8. The van der Waals surface area contributed by atoms with E-state index in [1.165, 1.54) is 0 Å². The summed E-state index contributed by atoms with van der Waals surface area (Å²) >= 11 is 3.32. The Morgan fingerprint density at radius 1 is 1.14 bits per heavy atom. The van der Waals surface area contributed by atoms with Crippen LogP contribution in [0.15, 0.2) is 52.0 Å². The number of hydrogen-bond donors (Lipinski definition) is 1. The molecule has 0 saturated carbocycles. The fourth-order valence-corrected chi connectivity index (χ4v) is 2.09. The van der Waals surface area contributed by atoms with E-state index in [9.17, 15) is 4.79 Å². The number of hydrazone groups is 1. The minimum Gasteiger partial charge on any atom is -0.454 e. The first kappa shape index (κ1) is 13.6. The first-order chi connectivity index (χ1) is 10.2. The fourth-order valence-electron chi connectivity index (χ4n) is 1.82. The Labute approximate surface area is 129 Å². The van der Waals surface area contributed by atoms with Gasteiger partial charge in [-0.1, -0.05) is 15.9 Å². The van der Waals surface area contributed by atoms with Gasteiger partial charge in [0.1, 0.15) is 0 Å². The molecule has 1 heterocycles. The van der Waals surface area contributed by atoms with Gasteiger partial charge in [0, 0.05) is 10.0 Å². The van der Waals surface area contributed by atoms with Crippen molar-refractivity contribution in [1.29, 1.82) is 0 Å². The van der Waals surface area contributed by atoms with Crippen molar-refractivity contribution in [2.75, 3.05) is 6.79 Å². The normalized spacial score (nSPS) is 12.6. The highest BCUT2D eigenvalue weighted by molar-refractivity contribution is 9.10. The minimum absolute atomic E-state index is 0.232. The molecule has 0 saturated heterocycles. The van der Waals surface area contributed by atoms with Crippen molar-refractivity contribution in [3.63, 3.8) is 0 Å². The van der Waals surface area contributed by atoms with Crippen molar-refractivity contribution in [3.8, 4) is 11.5 Å². The smallest absolute Gasteiger partial charge is 0.271 e. The lowest BCUT2D eigenvalue weighted by Gasteiger charge is -2.00. The molecule has 1 N–H and O–H groups in total. The van der Waals surface area contributed by atoms with Crippen LogP contribution in [-0.4, -0.2) is 18.9 Å². The van der Waals surface area contributed by atoms with Gasteiger partial charge in [0.2, 0.25) is 6.79 Å². The minimum atomic E-state index is -0.264. The van der Waals surface area contributed by atoms with Crippen molar-refractivity contribution < 1.29 is 14.3 Å². The molecule has 1 amide bonds. The van der Waals surface area contributed by atoms with Gasteiger partial charge < -0.3 is 9.47 Å². The second kappa shape index (κ2) is 5.97. The molecule has 0 atom stereocenters. The van der Waals surface area contributed by atoms with Gasteiger partial charge in [0.25, 0.3) is 5.91 Å². The van der Waals surface area contributed by atoms with Gasteiger partial charge in [-0.2, -0.15) is 5.10 Å². The molecule has 0 bridgehead atoms. The predicted octanol–water partition coefficient (Wildman–Crippen LogP) is 2.94. The summed E-state index contributed by atoms with van der Waals surface area (Å²) in [6.07, 6.45) is 1.55. The quantitative estimate of drug-likeness (QED) is 0.686. The fraction of sp³-hybridized carbons (Fsp3) is 0.0667. The summed E-state index contributed by atoms with van der Waals surface area (Å²) in [6, 6.07) is 12.5. The highest BCUT2D eigenvalue weighted by atomic mass is 79.9. The zero-order chi connectivity index (χ0) is 14.7. The molecule has 2 aromatic rings. The molecule has 0 unspecified atom stereocenters. The van der Waals surface area contributed by atoms with E-state index in [2.05, 4.69) is 26.5 Å². The van der Waals surface area contributed by atoms with Gasteiger partial charge in [-0.3, -0.25) is 4.79 Å². The lowest BCUT2D eigenvalue weighted by Crippen LogP contribution is -2.17. The highest BCUT2D eigenvalue weighted by Gasteiger charge is 2.12. The molecule has 6 heteroatoms. The van der Waals surface area contributed by atoms with Gasteiger partial charge in [-0.15, -0.1) is 0 Å². The summed E-state index contributed by atoms with van der Waals surface area (Å²) in [6.45, 7) is 0.232. The lowest BCUT2D eigenvalue weighted by molar-refractivity contribution is 0.0955. The molecule has 0 radical (unpaired) electrons. The highest BCUT2D eigenvalue weighted by Crippen LogP contribution is 2.31. The van der Waals surface area contributed by atoms with Gasteiger partial charge >= 0.3 is 0 Å². The van der Waals surface area contributed by atoms with E-state index in [4.69, 9.17) is 9.47 Å². The average Bonchev–Trinajstić information content (AvgIpc) is 2.95. The largest absolute Gasteiger partial charge is 0.454 e. The number of nitrogens with one attached hydrogen (secondary N) is 1. The zero-order valence-corrected chi connectivity index (χ0v) is 12.5. The second-order valence-electron chi connectivity index (χ2n) is 4.32. The molecular weight excluding hydrogens is 336 g/mol. The van der Waals surface area contributed by atoms with Crippen molar-refractivity contribution in [1.82, 2.24) is 5.43 Å². The second-order valence-corrected chi connectivity index (χ2v) is 5.23. The van der Waals surface area contributed by atoms with Crippen LogP contribution in [0.3, 0.4) is 0 Å². The molecule has 0 aromatic heterocycles. The van der Waals surface area contributed by atoms with Crippen LogP contribution in [0.2, 0.25) is 0 Å². The van der Waals surface area contributed by atoms with Crippen molar-refractivity contribution in [3.05, 3.63) is 58.1 Å². The van der Waals surface area contributed by atoms with Crippen LogP contribution in [0.4, 0.5) is 0 Å². The van der Waals surface area contributed by atoms with Crippen LogP contribution in [0.1, 0.15) is 15.9 Å². The lowest BCUT2D eigenvalue weighted by atomic mass is 10.2. The number of rotatable bonds is 3. The van der Waals surface area contributed by atoms with Crippen molar-refractivity contribution in [2.24, 2.45) is 5.10 Å². The number of benzene rings is 2. The van der Waals surface area contributed by atoms with E-state index >= 15 is 0 Å². The van der Waals surface area contributed by atoms with Crippen LogP contribution < -0.4 is 14.9 Å². The van der Waals surface area contributed by atoms with Crippen molar-refractivity contribution >= 4 is 28.1 Å². The Morgan fingerprint density at radius 3 is 2.71 bits per heavy atom. The maximum Gasteiger partial charge on any atom is 0.271 e. The number of carbonyl (C=O) groups is 1. The summed E-state index contributed by atoms with van der Waals surface area (Å²) in [5.74, 6) is 1.13. The Morgan fingerprint density at radius 2 is 1.90 bits per heavy atom. The predicted molar refractivity (Wildman–Crippen MR) is 81.8 cm³/mol. The number of carbonyl (C=O) groups excluding carboxylic acids is 1. The summed E-state index contributed by atoms with van der Waals surface area (Å²) in [7, 11) is 0. The number of halogens is 1. The molecule has 1 aliphatic heterocycles. The zero-order valence-electron chi connectivity index (χ0n) is 10.9.